The van der Waals surface area contributed by atoms with Gasteiger partial charge in [0.15, 0.2) is 29.3 Å². The van der Waals surface area contributed by atoms with E-state index in [1.165, 1.54) is 10.9 Å². The van der Waals surface area contributed by atoms with Gasteiger partial charge in [0.1, 0.15) is 25.1 Å². The fraction of sp³-hybridized carbons (Fsp3) is 0.500. The number of azide groups is 1. The molecule has 2 radical (unpaired) electrons. The van der Waals surface area contributed by atoms with E-state index in [0.717, 1.165) is 0 Å². The van der Waals surface area contributed by atoms with Crippen molar-refractivity contribution < 1.29 is 23.8 Å². The summed E-state index contributed by atoms with van der Waals surface area (Å²) in [5, 5.41) is 14.1. The van der Waals surface area contributed by atoms with Gasteiger partial charge in [0, 0.05) is 4.91 Å². The third-order valence-corrected chi connectivity index (χ3v) is 4.95. The van der Waals surface area contributed by atoms with Crippen LogP contribution in [-0.4, -0.2) is 62.0 Å². The molecule has 128 valence electrons. The van der Waals surface area contributed by atoms with Crippen LogP contribution in [-0.2, 0) is 13.8 Å². The number of nitrogens with two attached hydrogens (primary N) is 1. The maximum absolute atomic E-state index is 10.6. The fourth-order valence-corrected chi connectivity index (χ4v) is 3.87. The number of aliphatic hydroxyl groups is 1. The first kappa shape index (κ1) is 16.4. The number of hydrogen-bond acceptors (Lipinski definition) is 10. The SMILES string of the molecule is [B][P+]1(O)OC[C@H]2O[C@@H](n3c(N=[N+]=[N-])nc4c(N)ncnc43)[C@@H](O)C2O1. The summed E-state index contributed by atoms with van der Waals surface area (Å²) < 4.78 is 17.3. The van der Waals surface area contributed by atoms with Crippen molar-refractivity contribution in [3.63, 3.8) is 0 Å². The lowest BCUT2D eigenvalue weighted by Gasteiger charge is -2.27. The largest absolute Gasteiger partial charge is 0.488 e. The van der Waals surface area contributed by atoms with Gasteiger partial charge in [-0.2, -0.15) is 9.05 Å². The Hall–Kier alpha value is -2.05. The van der Waals surface area contributed by atoms with Crippen molar-refractivity contribution in [2.75, 3.05) is 12.3 Å². The molecule has 0 aliphatic carbocycles. The van der Waals surface area contributed by atoms with E-state index in [9.17, 15) is 10.00 Å². The number of imidazole rings is 1. The van der Waals surface area contributed by atoms with Crippen molar-refractivity contribution in [1.29, 1.82) is 0 Å². The number of anilines is 1. The van der Waals surface area contributed by atoms with Crippen LogP contribution in [0.4, 0.5) is 11.8 Å². The smallest absolute Gasteiger partial charge is 0.385 e. The van der Waals surface area contributed by atoms with Crippen LogP contribution in [0.25, 0.3) is 21.6 Å². The number of rotatable bonds is 2. The van der Waals surface area contributed by atoms with Gasteiger partial charge in [0.25, 0.3) is 0 Å². The predicted octanol–water partition coefficient (Wildman–Crippen LogP) is -0.138. The summed E-state index contributed by atoms with van der Waals surface area (Å²) in [6.07, 6.45) is -2.76. The number of nitrogens with zero attached hydrogens (tertiary/aromatic N) is 7. The molecular weight excluding hydrogens is 354 g/mol. The van der Waals surface area contributed by atoms with Crippen LogP contribution < -0.4 is 5.73 Å². The molecule has 25 heavy (non-hydrogen) atoms. The molecule has 2 fully saturated rings. The first-order chi connectivity index (χ1) is 11.9. The van der Waals surface area contributed by atoms with Gasteiger partial charge in [-0.05, 0) is 10.6 Å². The molecule has 2 aliphatic rings. The van der Waals surface area contributed by atoms with Crippen LogP contribution in [0.5, 0.6) is 0 Å². The summed E-state index contributed by atoms with van der Waals surface area (Å²) in [6, 6.07) is 0. The first-order valence-electron chi connectivity index (χ1n) is 7.01. The molecule has 4 rings (SSSR count). The highest BCUT2D eigenvalue weighted by Gasteiger charge is 2.57. The summed E-state index contributed by atoms with van der Waals surface area (Å²) >= 11 is 0. The molecule has 0 bridgehead atoms. The molecule has 2 aromatic heterocycles. The highest BCUT2D eigenvalue weighted by atomic mass is 31.2. The van der Waals surface area contributed by atoms with Crippen LogP contribution in [0, 0.1) is 0 Å². The molecule has 0 spiro atoms. The highest BCUT2D eigenvalue weighted by Crippen LogP contribution is 2.58. The van der Waals surface area contributed by atoms with Gasteiger partial charge in [-0.1, -0.05) is 0 Å². The van der Waals surface area contributed by atoms with Crippen LogP contribution in [0.15, 0.2) is 11.4 Å². The molecule has 0 saturated carbocycles. The van der Waals surface area contributed by atoms with Gasteiger partial charge >= 0.3 is 15.4 Å². The lowest BCUT2D eigenvalue weighted by atomic mass is 10.1. The first-order valence-corrected chi connectivity index (χ1v) is 8.66. The Bertz CT molecular complexity index is 888. The second-order valence-electron chi connectivity index (χ2n) is 5.39. The number of hydrogen-bond donors (Lipinski definition) is 3. The van der Waals surface area contributed by atoms with E-state index in [0.29, 0.717) is 0 Å². The van der Waals surface area contributed by atoms with Gasteiger partial charge in [0.2, 0.25) is 5.95 Å². The lowest BCUT2D eigenvalue weighted by Crippen LogP contribution is -2.40. The molecule has 13 nitrogen and oxygen atoms in total. The summed E-state index contributed by atoms with van der Waals surface area (Å²) in [4.78, 5) is 24.4. The Kier molecular flexibility index (Phi) is 3.78. The lowest BCUT2D eigenvalue weighted by molar-refractivity contribution is -0.0598. The Morgan fingerprint density at radius 2 is 2.32 bits per heavy atom. The van der Waals surface area contributed by atoms with Crippen molar-refractivity contribution in [3.8, 4) is 0 Å². The van der Waals surface area contributed by atoms with Crippen LogP contribution >= 0.6 is 7.82 Å². The zero-order valence-electron chi connectivity index (χ0n) is 12.4. The molecule has 4 N–H and O–H groups in total. The Labute approximate surface area is 141 Å². The predicted molar refractivity (Wildman–Crippen MR) is 84.2 cm³/mol. The van der Waals surface area contributed by atoms with Crippen LogP contribution in [0.1, 0.15) is 6.23 Å². The second-order valence-corrected chi connectivity index (χ2v) is 6.99. The molecule has 2 aromatic rings. The average molecular weight is 365 g/mol. The van der Waals surface area contributed by atoms with Crippen LogP contribution in [0.2, 0.25) is 0 Å². The Morgan fingerprint density at radius 3 is 3.08 bits per heavy atom. The monoisotopic (exact) mass is 365 g/mol. The Morgan fingerprint density at radius 1 is 1.52 bits per heavy atom. The van der Waals surface area contributed by atoms with Crippen molar-refractivity contribution in [3.05, 3.63) is 16.8 Å². The van der Waals surface area contributed by atoms with Gasteiger partial charge in [-0.3, -0.25) is 4.57 Å². The third kappa shape index (κ3) is 2.60. The van der Waals surface area contributed by atoms with Gasteiger partial charge in [-0.15, -0.1) is 0 Å². The standard InChI is InChI=1S/C10H11BN8O5P/c11-25(21)22-1-3-6(24-25)5(20)9(23-3)19-8-4(7(12)14-2-15-8)16-10(19)17-18-13/h2-3,5-6,9,20-21H,1H2,(H2,12,14,15)/q+1/t3-,5+,6?,9-,25?/m1/s1. The Balaban J connectivity index is 1.81. The van der Waals surface area contributed by atoms with E-state index in [1.54, 1.807) is 0 Å². The van der Waals surface area contributed by atoms with E-state index in [-0.39, 0.29) is 29.5 Å². The van der Waals surface area contributed by atoms with E-state index in [4.69, 9.17) is 32.6 Å². The molecule has 0 amide bonds. The molecule has 5 atom stereocenters. The molecule has 2 saturated heterocycles. The van der Waals surface area contributed by atoms with Crippen molar-refractivity contribution in [1.82, 2.24) is 19.5 Å². The zero-order chi connectivity index (χ0) is 17.8. The summed E-state index contributed by atoms with van der Waals surface area (Å²) in [5.41, 5.74) is 14.9. The summed E-state index contributed by atoms with van der Waals surface area (Å²) in [7, 11) is 1.96. The van der Waals surface area contributed by atoms with Crippen molar-refractivity contribution in [2.45, 2.75) is 24.5 Å². The molecular formula is C10H11BN8O5P+. The minimum atomic E-state index is -3.52. The topological polar surface area (TPSA) is 187 Å². The van der Waals surface area contributed by atoms with Gasteiger partial charge < -0.3 is 15.6 Å². The van der Waals surface area contributed by atoms with Gasteiger partial charge in [0.05, 0.1) is 0 Å². The normalized spacial score (nSPS) is 34.6. The van der Waals surface area contributed by atoms with Crippen molar-refractivity contribution in [2.24, 2.45) is 5.11 Å². The maximum Gasteiger partial charge on any atom is 0.488 e. The minimum absolute atomic E-state index is 0.0698. The van der Waals surface area contributed by atoms with Crippen LogP contribution in [0.3, 0.4) is 0 Å². The highest BCUT2D eigenvalue weighted by molar-refractivity contribution is 7.85. The van der Waals surface area contributed by atoms with Crippen molar-refractivity contribution >= 4 is 38.3 Å². The molecule has 2 unspecified atom stereocenters. The molecule has 2 aliphatic heterocycles. The van der Waals surface area contributed by atoms with E-state index in [1.807, 2.05) is 0 Å². The van der Waals surface area contributed by atoms with E-state index in [2.05, 4.69) is 25.0 Å². The number of aliphatic hydroxyl groups excluding tert-OH is 1. The second kappa shape index (κ2) is 5.75. The quantitative estimate of drug-likeness (QED) is 0.214. The number of nitrogen functional groups attached to an aromatic ring is 1. The maximum atomic E-state index is 10.6. The van der Waals surface area contributed by atoms with E-state index >= 15 is 0 Å². The summed E-state index contributed by atoms with van der Waals surface area (Å²) in [6.45, 7) is -0.0698. The molecule has 15 heteroatoms. The van der Waals surface area contributed by atoms with Gasteiger partial charge in [-0.25, -0.2) is 19.8 Å². The summed E-state index contributed by atoms with van der Waals surface area (Å²) in [5.74, 6) is -0.0454. The molecule has 4 heterocycles. The number of ether oxygens (including phenoxy) is 1. The fourth-order valence-electron chi connectivity index (χ4n) is 2.84. The zero-order valence-corrected chi connectivity index (χ0v) is 13.3. The average Bonchev–Trinajstić information content (AvgIpc) is 3.06. The minimum Gasteiger partial charge on any atom is -0.385 e. The molecule has 0 aromatic carbocycles. The third-order valence-electron chi connectivity index (χ3n) is 3.88. The number of fused-ring (bicyclic) bond motifs is 2. The van der Waals surface area contributed by atoms with E-state index < -0.39 is 32.4 Å². The number of aromatic nitrogens is 4.